The number of carbonyl (C=O) groups is 1. The summed E-state index contributed by atoms with van der Waals surface area (Å²) in [7, 11) is 0. The molecule has 7 heteroatoms. The third kappa shape index (κ3) is 3.05. The van der Waals surface area contributed by atoms with E-state index in [1.807, 2.05) is 19.9 Å². The monoisotopic (exact) mass is 263 g/mol. The maximum absolute atomic E-state index is 11.9. The van der Waals surface area contributed by atoms with E-state index in [1.165, 1.54) is 4.52 Å². The molecule has 0 aliphatic rings. The molecule has 0 fully saturated rings. The van der Waals surface area contributed by atoms with Crippen molar-refractivity contribution in [3.8, 4) is 0 Å². The molecule has 0 aliphatic carbocycles. The zero-order valence-corrected chi connectivity index (χ0v) is 11.4. The molecule has 2 N–H and O–H groups in total. The van der Waals surface area contributed by atoms with Crippen molar-refractivity contribution in [3.63, 3.8) is 0 Å². The average Bonchev–Trinajstić information content (AvgIpc) is 2.68. The van der Waals surface area contributed by atoms with E-state index in [9.17, 15) is 9.90 Å². The van der Waals surface area contributed by atoms with E-state index in [1.54, 1.807) is 13.8 Å². The van der Waals surface area contributed by atoms with Gasteiger partial charge in [0.15, 0.2) is 0 Å². The van der Waals surface area contributed by atoms with Gasteiger partial charge in [-0.3, -0.25) is 4.79 Å². The van der Waals surface area contributed by atoms with Crippen molar-refractivity contribution in [1.82, 2.24) is 24.9 Å². The van der Waals surface area contributed by atoms with E-state index in [2.05, 4.69) is 20.4 Å². The largest absolute Gasteiger partial charge is 0.389 e. The van der Waals surface area contributed by atoms with Gasteiger partial charge in [-0.2, -0.15) is 4.98 Å². The zero-order chi connectivity index (χ0) is 14.2. The number of carbonyl (C=O) groups excluding carboxylic acids is 1. The second kappa shape index (κ2) is 4.58. The summed E-state index contributed by atoms with van der Waals surface area (Å²) in [6, 6.07) is 1.86. The maximum Gasteiger partial charge on any atom is 0.291 e. The van der Waals surface area contributed by atoms with Crippen LogP contribution in [0.25, 0.3) is 5.78 Å². The van der Waals surface area contributed by atoms with Crippen molar-refractivity contribution in [2.45, 2.75) is 33.3 Å². The van der Waals surface area contributed by atoms with Crippen LogP contribution in [-0.2, 0) is 0 Å². The molecular formula is C12H17N5O2. The Balaban J connectivity index is 2.26. The Hall–Kier alpha value is -2.02. The van der Waals surface area contributed by atoms with Crippen molar-refractivity contribution in [2.75, 3.05) is 6.54 Å². The van der Waals surface area contributed by atoms with Crippen molar-refractivity contribution in [3.05, 3.63) is 23.3 Å². The third-order valence-electron chi connectivity index (χ3n) is 2.50. The molecule has 102 valence electrons. The number of nitrogens with one attached hydrogen (secondary N) is 1. The normalized spacial score (nSPS) is 11.8. The molecule has 0 bridgehead atoms. The van der Waals surface area contributed by atoms with Crippen molar-refractivity contribution in [2.24, 2.45) is 0 Å². The highest BCUT2D eigenvalue weighted by molar-refractivity contribution is 5.90. The van der Waals surface area contributed by atoms with Crippen LogP contribution in [0, 0.1) is 13.8 Å². The molecule has 0 radical (unpaired) electrons. The van der Waals surface area contributed by atoms with E-state index < -0.39 is 11.5 Å². The second-order valence-corrected chi connectivity index (χ2v) is 5.18. The molecule has 2 rings (SSSR count). The Morgan fingerprint density at radius 1 is 1.42 bits per heavy atom. The maximum atomic E-state index is 11.9. The van der Waals surface area contributed by atoms with E-state index in [0.717, 1.165) is 11.4 Å². The van der Waals surface area contributed by atoms with Crippen LogP contribution in [0.5, 0.6) is 0 Å². The van der Waals surface area contributed by atoms with Gasteiger partial charge in [0, 0.05) is 17.9 Å². The first kappa shape index (κ1) is 13.4. The van der Waals surface area contributed by atoms with Crippen molar-refractivity contribution in [1.29, 1.82) is 0 Å². The molecule has 0 saturated heterocycles. The topological polar surface area (TPSA) is 92.4 Å². The summed E-state index contributed by atoms with van der Waals surface area (Å²) in [4.78, 5) is 20.2. The first-order valence-electron chi connectivity index (χ1n) is 5.98. The summed E-state index contributed by atoms with van der Waals surface area (Å²) < 4.78 is 1.52. The van der Waals surface area contributed by atoms with Gasteiger partial charge in [-0.15, -0.1) is 5.10 Å². The number of amides is 1. The van der Waals surface area contributed by atoms with E-state index in [-0.39, 0.29) is 12.4 Å². The van der Waals surface area contributed by atoms with Gasteiger partial charge in [0.1, 0.15) is 0 Å². The molecule has 7 nitrogen and oxygen atoms in total. The lowest BCUT2D eigenvalue weighted by Gasteiger charge is -2.16. The Morgan fingerprint density at radius 3 is 2.74 bits per heavy atom. The number of hydrogen-bond donors (Lipinski definition) is 2. The van der Waals surface area contributed by atoms with Crippen LogP contribution in [0.3, 0.4) is 0 Å². The standard InChI is InChI=1S/C12H17N5O2/c1-7-5-8(2)17-11(14-7)15-9(16-17)10(18)13-6-12(3,4)19/h5,19H,6H2,1-4H3,(H,13,18). The van der Waals surface area contributed by atoms with Gasteiger partial charge in [0.2, 0.25) is 5.82 Å². The van der Waals surface area contributed by atoms with Crippen LogP contribution in [0.4, 0.5) is 0 Å². The number of fused-ring (bicyclic) bond motifs is 1. The van der Waals surface area contributed by atoms with Crippen molar-refractivity contribution >= 4 is 11.7 Å². The highest BCUT2D eigenvalue weighted by Gasteiger charge is 2.18. The second-order valence-electron chi connectivity index (χ2n) is 5.18. The first-order chi connectivity index (χ1) is 8.76. The lowest BCUT2D eigenvalue weighted by Crippen LogP contribution is -2.38. The minimum atomic E-state index is -0.973. The lowest BCUT2D eigenvalue weighted by atomic mass is 10.1. The van der Waals surface area contributed by atoms with Gasteiger partial charge in [-0.25, -0.2) is 9.50 Å². The molecule has 0 saturated carbocycles. The zero-order valence-electron chi connectivity index (χ0n) is 11.4. The predicted molar refractivity (Wildman–Crippen MR) is 68.9 cm³/mol. The Morgan fingerprint density at radius 2 is 2.11 bits per heavy atom. The Bertz CT molecular complexity index is 627. The minimum absolute atomic E-state index is 0.0467. The van der Waals surface area contributed by atoms with Gasteiger partial charge in [-0.05, 0) is 33.8 Å². The first-order valence-corrected chi connectivity index (χ1v) is 5.98. The van der Waals surface area contributed by atoms with Crippen LogP contribution in [0.1, 0.15) is 35.9 Å². The molecule has 0 unspecified atom stereocenters. The molecule has 2 aromatic heterocycles. The van der Waals surface area contributed by atoms with Gasteiger partial charge in [0.05, 0.1) is 5.60 Å². The fourth-order valence-electron chi connectivity index (χ4n) is 1.64. The molecule has 1 amide bonds. The van der Waals surface area contributed by atoms with Gasteiger partial charge in [0.25, 0.3) is 11.7 Å². The summed E-state index contributed by atoms with van der Waals surface area (Å²) in [5.74, 6) is 0.0148. The molecule has 2 heterocycles. The molecule has 0 aliphatic heterocycles. The van der Waals surface area contributed by atoms with E-state index >= 15 is 0 Å². The summed E-state index contributed by atoms with van der Waals surface area (Å²) in [6.07, 6.45) is 0. The Kier molecular flexibility index (Phi) is 3.23. The molecule has 19 heavy (non-hydrogen) atoms. The summed E-state index contributed by atoms with van der Waals surface area (Å²) in [5, 5.41) is 16.2. The molecule has 0 spiro atoms. The average molecular weight is 263 g/mol. The number of aryl methyl sites for hydroxylation is 2. The van der Waals surface area contributed by atoms with Gasteiger partial charge >= 0.3 is 0 Å². The molecule has 2 aromatic rings. The number of hydrogen-bond acceptors (Lipinski definition) is 5. The van der Waals surface area contributed by atoms with Crippen LogP contribution in [0.2, 0.25) is 0 Å². The van der Waals surface area contributed by atoms with Crippen LogP contribution < -0.4 is 5.32 Å². The van der Waals surface area contributed by atoms with Crippen LogP contribution in [-0.4, -0.2) is 42.7 Å². The smallest absolute Gasteiger partial charge is 0.291 e. The fraction of sp³-hybridized carbons (Fsp3) is 0.500. The summed E-state index contributed by atoms with van der Waals surface area (Å²) >= 11 is 0. The third-order valence-corrected chi connectivity index (χ3v) is 2.50. The van der Waals surface area contributed by atoms with Crippen LogP contribution in [0.15, 0.2) is 6.07 Å². The number of rotatable bonds is 3. The van der Waals surface area contributed by atoms with Gasteiger partial charge < -0.3 is 10.4 Å². The quantitative estimate of drug-likeness (QED) is 0.827. The van der Waals surface area contributed by atoms with E-state index in [0.29, 0.717) is 5.78 Å². The summed E-state index contributed by atoms with van der Waals surface area (Å²) in [6.45, 7) is 7.08. The number of nitrogens with zero attached hydrogens (tertiary/aromatic N) is 4. The molecule has 0 atom stereocenters. The number of aliphatic hydroxyl groups is 1. The van der Waals surface area contributed by atoms with Gasteiger partial charge in [-0.1, -0.05) is 0 Å². The number of aromatic nitrogens is 4. The van der Waals surface area contributed by atoms with Crippen LogP contribution >= 0.6 is 0 Å². The molecular weight excluding hydrogens is 246 g/mol. The van der Waals surface area contributed by atoms with Crippen molar-refractivity contribution < 1.29 is 9.90 Å². The Labute approximate surface area is 110 Å². The SMILES string of the molecule is Cc1cc(C)n2nc(C(=O)NCC(C)(C)O)nc2n1. The molecule has 0 aromatic carbocycles. The highest BCUT2D eigenvalue weighted by Crippen LogP contribution is 2.05. The summed E-state index contributed by atoms with van der Waals surface area (Å²) in [5.41, 5.74) is 0.705. The highest BCUT2D eigenvalue weighted by atomic mass is 16.3. The minimum Gasteiger partial charge on any atom is -0.389 e. The lowest BCUT2D eigenvalue weighted by molar-refractivity contribution is 0.0689. The fourth-order valence-corrected chi connectivity index (χ4v) is 1.64. The predicted octanol–water partition coefficient (Wildman–Crippen LogP) is 0.242. The van der Waals surface area contributed by atoms with E-state index in [4.69, 9.17) is 0 Å².